The number of ether oxygens (including phenoxy) is 1. The molecular formula is C15H23N3O. The zero-order valence-electron chi connectivity index (χ0n) is 11.8. The highest BCUT2D eigenvalue weighted by Crippen LogP contribution is 2.29. The van der Waals surface area contributed by atoms with E-state index in [4.69, 9.17) is 4.74 Å². The second kappa shape index (κ2) is 5.47. The summed E-state index contributed by atoms with van der Waals surface area (Å²) in [7, 11) is 1.99. The van der Waals surface area contributed by atoms with Gasteiger partial charge >= 0.3 is 0 Å². The lowest BCUT2D eigenvalue weighted by Gasteiger charge is -2.33. The van der Waals surface area contributed by atoms with E-state index in [9.17, 15) is 0 Å². The van der Waals surface area contributed by atoms with Crippen LogP contribution in [-0.4, -0.2) is 37.3 Å². The average Bonchev–Trinajstić information content (AvgIpc) is 2.79. The van der Waals surface area contributed by atoms with Gasteiger partial charge in [0.05, 0.1) is 29.8 Å². The fourth-order valence-electron chi connectivity index (χ4n) is 3.18. The van der Waals surface area contributed by atoms with Crippen LogP contribution in [-0.2, 0) is 4.74 Å². The molecule has 0 amide bonds. The molecule has 2 bridgehead atoms. The van der Waals surface area contributed by atoms with Crippen molar-refractivity contribution in [2.24, 2.45) is 0 Å². The van der Waals surface area contributed by atoms with Crippen molar-refractivity contribution in [3.05, 3.63) is 24.0 Å². The van der Waals surface area contributed by atoms with Gasteiger partial charge < -0.3 is 15.0 Å². The Morgan fingerprint density at radius 1 is 1.37 bits per heavy atom. The monoisotopic (exact) mass is 261 g/mol. The zero-order chi connectivity index (χ0) is 13.2. The first-order chi connectivity index (χ1) is 9.30. The lowest BCUT2D eigenvalue weighted by molar-refractivity contribution is 0.0305. The summed E-state index contributed by atoms with van der Waals surface area (Å²) in [4.78, 5) is 7.04. The van der Waals surface area contributed by atoms with Crippen LogP contribution in [0.4, 0.5) is 5.69 Å². The number of anilines is 1. The molecule has 1 aromatic rings. The predicted molar refractivity (Wildman–Crippen MR) is 76.4 cm³/mol. The largest absolute Gasteiger partial charge is 0.371 e. The van der Waals surface area contributed by atoms with Crippen molar-refractivity contribution >= 4 is 5.69 Å². The molecule has 3 rings (SSSR count). The van der Waals surface area contributed by atoms with Crippen LogP contribution in [0.25, 0.3) is 0 Å². The minimum atomic E-state index is 0.356. The standard InChI is InChI=1S/C15H23N3O/c1-3-14(16-2)15-7-4-11(8-17-15)18-9-12-5-6-13(10-18)19-12/h4,7-8,12-14,16H,3,5-6,9-10H2,1-2H3. The van der Waals surface area contributed by atoms with E-state index in [0.29, 0.717) is 18.2 Å². The number of morpholine rings is 1. The third-order valence-electron chi connectivity index (χ3n) is 4.29. The summed E-state index contributed by atoms with van der Waals surface area (Å²) in [6, 6.07) is 4.71. The van der Waals surface area contributed by atoms with Gasteiger partial charge in [-0.15, -0.1) is 0 Å². The quantitative estimate of drug-likeness (QED) is 0.901. The first-order valence-corrected chi connectivity index (χ1v) is 7.33. The van der Waals surface area contributed by atoms with Crippen molar-refractivity contribution in [3.63, 3.8) is 0 Å². The molecule has 2 aliphatic rings. The van der Waals surface area contributed by atoms with E-state index in [1.54, 1.807) is 0 Å². The number of pyridine rings is 1. The van der Waals surface area contributed by atoms with Crippen LogP contribution in [0, 0.1) is 0 Å². The van der Waals surface area contributed by atoms with Crippen molar-refractivity contribution in [3.8, 4) is 0 Å². The molecule has 104 valence electrons. The molecule has 0 aromatic carbocycles. The van der Waals surface area contributed by atoms with E-state index in [2.05, 4.69) is 34.3 Å². The summed E-state index contributed by atoms with van der Waals surface area (Å²) in [5, 5.41) is 3.30. The average molecular weight is 261 g/mol. The molecule has 19 heavy (non-hydrogen) atoms. The molecule has 3 atom stereocenters. The number of rotatable bonds is 4. The topological polar surface area (TPSA) is 37.4 Å². The molecule has 4 heteroatoms. The number of nitrogens with one attached hydrogen (secondary N) is 1. The SMILES string of the molecule is CCC(NC)c1ccc(N2CC3CCC(C2)O3)cn1. The van der Waals surface area contributed by atoms with Crippen LogP contribution in [0.1, 0.15) is 37.9 Å². The number of fused-ring (bicyclic) bond motifs is 2. The van der Waals surface area contributed by atoms with Crippen LogP contribution in [0.5, 0.6) is 0 Å². The highest BCUT2D eigenvalue weighted by atomic mass is 16.5. The summed E-state index contributed by atoms with van der Waals surface area (Å²) >= 11 is 0. The van der Waals surface area contributed by atoms with Gasteiger partial charge in [-0.2, -0.15) is 0 Å². The first-order valence-electron chi connectivity index (χ1n) is 7.33. The van der Waals surface area contributed by atoms with E-state index in [-0.39, 0.29) is 0 Å². The molecule has 0 radical (unpaired) electrons. The summed E-state index contributed by atoms with van der Waals surface area (Å²) in [6.07, 6.45) is 6.36. The normalized spacial score (nSPS) is 27.6. The van der Waals surface area contributed by atoms with E-state index >= 15 is 0 Å². The molecule has 1 aromatic heterocycles. The Bertz CT molecular complexity index is 404. The van der Waals surface area contributed by atoms with Gasteiger partial charge in [-0.1, -0.05) is 6.92 Å². The third-order valence-corrected chi connectivity index (χ3v) is 4.29. The van der Waals surface area contributed by atoms with Gasteiger partial charge in [0.25, 0.3) is 0 Å². The van der Waals surface area contributed by atoms with E-state index in [1.165, 1.54) is 18.5 Å². The van der Waals surface area contributed by atoms with Gasteiger partial charge in [0, 0.05) is 19.1 Å². The molecule has 4 nitrogen and oxygen atoms in total. The van der Waals surface area contributed by atoms with E-state index in [1.807, 2.05) is 13.2 Å². The molecule has 3 unspecified atom stereocenters. The van der Waals surface area contributed by atoms with Gasteiger partial charge in [-0.25, -0.2) is 0 Å². The molecule has 2 fully saturated rings. The Hall–Kier alpha value is -1.13. The number of hydrogen-bond acceptors (Lipinski definition) is 4. The molecular weight excluding hydrogens is 238 g/mol. The van der Waals surface area contributed by atoms with Gasteiger partial charge in [0.2, 0.25) is 0 Å². The Labute approximate surface area is 115 Å². The highest BCUT2D eigenvalue weighted by Gasteiger charge is 2.33. The minimum absolute atomic E-state index is 0.356. The number of nitrogens with zero attached hydrogens (tertiary/aromatic N) is 2. The summed E-state index contributed by atoms with van der Waals surface area (Å²) in [5.41, 5.74) is 2.36. The molecule has 0 aliphatic carbocycles. The van der Waals surface area contributed by atoms with E-state index in [0.717, 1.165) is 25.2 Å². The highest BCUT2D eigenvalue weighted by molar-refractivity contribution is 5.46. The molecule has 0 saturated carbocycles. The van der Waals surface area contributed by atoms with Crippen molar-refractivity contribution in [1.82, 2.24) is 10.3 Å². The number of hydrogen-bond donors (Lipinski definition) is 1. The smallest absolute Gasteiger partial charge is 0.0755 e. The summed E-state index contributed by atoms with van der Waals surface area (Å²) < 4.78 is 5.87. The fourth-order valence-corrected chi connectivity index (χ4v) is 3.18. The second-order valence-electron chi connectivity index (χ2n) is 5.55. The second-order valence-corrected chi connectivity index (χ2v) is 5.55. The lowest BCUT2D eigenvalue weighted by Crippen LogP contribution is -2.42. The molecule has 3 heterocycles. The maximum Gasteiger partial charge on any atom is 0.0755 e. The van der Waals surface area contributed by atoms with Crippen LogP contribution < -0.4 is 10.2 Å². The van der Waals surface area contributed by atoms with Crippen molar-refractivity contribution in [1.29, 1.82) is 0 Å². The van der Waals surface area contributed by atoms with Gasteiger partial charge in [0.1, 0.15) is 0 Å². The van der Waals surface area contributed by atoms with Gasteiger partial charge in [0.15, 0.2) is 0 Å². The first kappa shape index (κ1) is 12.9. The minimum Gasteiger partial charge on any atom is -0.371 e. The molecule has 2 aliphatic heterocycles. The van der Waals surface area contributed by atoms with E-state index < -0.39 is 0 Å². The zero-order valence-corrected chi connectivity index (χ0v) is 11.8. The number of aromatic nitrogens is 1. The Morgan fingerprint density at radius 2 is 2.11 bits per heavy atom. The predicted octanol–water partition coefficient (Wildman–Crippen LogP) is 2.12. The van der Waals surface area contributed by atoms with Crippen molar-refractivity contribution < 1.29 is 4.74 Å². The van der Waals surface area contributed by atoms with Gasteiger partial charge in [-0.05, 0) is 38.4 Å². The lowest BCUT2D eigenvalue weighted by atomic mass is 10.1. The van der Waals surface area contributed by atoms with Crippen LogP contribution in [0.2, 0.25) is 0 Å². The maximum absolute atomic E-state index is 5.87. The molecule has 0 spiro atoms. The van der Waals surface area contributed by atoms with Gasteiger partial charge in [-0.3, -0.25) is 4.98 Å². The molecule has 2 saturated heterocycles. The Kier molecular flexibility index (Phi) is 3.71. The van der Waals surface area contributed by atoms with Crippen LogP contribution >= 0.6 is 0 Å². The third kappa shape index (κ3) is 2.60. The Balaban J connectivity index is 1.72. The fraction of sp³-hybridized carbons (Fsp3) is 0.667. The summed E-state index contributed by atoms with van der Waals surface area (Å²) in [5.74, 6) is 0. The maximum atomic E-state index is 5.87. The van der Waals surface area contributed by atoms with Crippen molar-refractivity contribution in [2.45, 2.75) is 44.4 Å². The van der Waals surface area contributed by atoms with Crippen molar-refractivity contribution in [2.75, 3.05) is 25.0 Å². The summed E-state index contributed by atoms with van der Waals surface area (Å²) in [6.45, 7) is 4.21. The Morgan fingerprint density at radius 3 is 2.63 bits per heavy atom. The van der Waals surface area contributed by atoms with Crippen LogP contribution in [0.3, 0.4) is 0 Å². The van der Waals surface area contributed by atoms with Crippen LogP contribution in [0.15, 0.2) is 18.3 Å². The molecule has 1 N–H and O–H groups in total.